The van der Waals surface area contributed by atoms with Gasteiger partial charge in [0, 0.05) is 34.8 Å². The largest absolute Gasteiger partial charge is 0.507 e. The monoisotopic (exact) mass is 404 g/mol. The fourth-order valence-corrected chi connectivity index (χ4v) is 3.75. The van der Waals surface area contributed by atoms with E-state index in [-0.39, 0.29) is 17.3 Å². The molecule has 1 aliphatic carbocycles. The molecule has 6 nitrogen and oxygen atoms in total. The van der Waals surface area contributed by atoms with E-state index in [0.717, 1.165) is 12.5 Å². The van der Waals surface area contributed by atoms with Crippen molar-refractivity contribution in [2.45, 2.75) is 44.0 Å². The van der Waals surface area contributed by atoms with Crippen LogP contribution >= 0.6 is 0 Å². The van der Waals surface area contributed by atoms with Crippen LogP contribution in [0.2, 0.25) is 0 Å². The maximum atomic E-state index is 12.9. The lowest BCUT2D eigenvalue weighted by Crippen LogP contribution is -2.24. The van der Waals surface area contributed by atoms with Gasteiger partial charge in [-0.3, -0.25) is 4.98 Å². The van der Waals surface area contributed by atoms with Crippen LogP contribution in [0.25, 0.3) is 22.0 Å². The van der Waals surface area contributed by atoms with Gasteiger partial charge >= 0.3 is 6.18 Å². The highest BCUT2D eigenvalue weighted by molar-refractivity contribution is 6.00. The molecule has 1 fully saturated rings. The summed E-state index contributed by atoms with van der Waals surface area (Å²) >= 11 is 0. The van der Waals surface area contributed by atoms with Crippen molar-refractivity contribution in [1.82, 2.24) is 15.2 Å². The Hall–Kier alpha value is -2.94. The van der Waals surface area contributed by atoms with Crippen LogP contribution in [0.4, 0.5) is 19.0 Å². The Morgan fingerprint density at radius 2 is 1.97 bits per heavy atom. The van der Waals surface area contributed by atoms with Gasteiger partial charge in [-0.2, -0.15) is 13.2 Å². The van der Waals surface area contributed by atoms with Crippen LogP contribution in [0, 0.1) is 0 Å². The summed E-state index contributed by atoms with van der Waals surface area (Å²) in [6.45, 7) is 1.79. The summed E-state index contributed by atoms with van der Waals surface area (Å²) in [6.07, 6.45) is 0.592. The summed E-state index contributed by atoms with van der Waals surface area (Å²) in [5.74, 6) is -0.0502. The van der Waals surface area contributed by atoms with Crippen molar-refractivity contribution < 1.29 is 23.4 Å². The summed E-state index contributed by atoms with van der Waals surface area (Å²) in [4.78, 5) is 4.11. The topological polar surface area (TPSA) is 91.2 Å². The second-order valence-corrected chi connectivity index (χ2v) is 7.63. The molecule has 2 atom stereocenters. The van der Waals surface area contributed by atoms with E-state index < -0.39 is 23.1 Å². The van der Waals surface area contributed by atoms with Gasteiger partial charge < -0.3 is 15.5 Å². The molecule has 4 rings (SSSR count). The SMILES string of the molecule is C[C@]1(O)CC[C@@H](Nc2nnc(-c3ccc(C(F)(F)F)cc3O)c3ccncc23)C1. The second kappa shape index (κ2) is 6.84. The van der Waals surface area contributed by atoms with Gasteiger partial charge in [0.2, 0.25) is 0 Å². The molecular formula is C20H19F3N4O2. The molecule has 1 saturated carbocycles. The third kappa shape index (κ3) is 3.82. The van der Waals surface area contributed by atoms with Crippen LogP contribution in [0.15, 0.2) is 36.7 Å². The third-order valence-corrected chi connectivity index (χ3v) is 5.22. The minimum absolute atomic E-state index is 0.0213. The van der Waals surface area contributed by atoms with E-state index in [2.05, 4.69) is 20.5 Å². The van der Waals surface area contributed by atoms with E-state index >= 15 is 0 Å². The molecule has 0 aliphatic heterocycles. The number of hydrogen-bond acceptors (Lipinski definition) is 6. The summed E-state index contributed by atoms with van der Waals surface area (Å²) < 4.78 is 38.6. The number of phenolic OH excluding ortho intramolecular Hbond substituents is 1. The zero-order valence-corrected chi connectivity index (χ0v) is 15.5. The lowest BCUT2D eigenvalue weighted by atomic mass is 10.0. The standard InChI is InChI=1S/C20H19F3N4O2/c1-19(29)6-4-12(9-19)25-18-15-10-24-7-5-13(15)17(26-27-18)14-3-2-11(8-16(14)28)20(21,22)23/h2-3,5,7-8,10,12,28-29H,4,6,9H2,1H3,(H,25,27)/t12-,19+/m1/s1. The van der Waals surface area contributed by atoms with Gasteiger partial charge in [-0.1, -0.05) is 0 Å². The van der Waals surface area contributed by atoms with Crippen molar-refractivity contribution in [3.8, 4) is 17.0 Å². The molecule has 0 spiro atoms. The van der Waals surface area contributed by atoms with E-state index in [1.165, 1.54) is 6.07 Å². The summed E-state index contributed by atoms with van der Waals surface area (Å²) in [5, 5.41) is 33.2. The average Bonchev–Trinajstić information content (AvgIpc) is 3.00. The van der Waals surface area contributed by atoms with Gasteiger partial charge in [0.1, 0.15) is 11.4 Å². The lowest BCUT2D eigenvalue weighted by Gasteiger charge is -2.18. The first-order valence-electron chi connectivity index (χ1n) is 9.14. The van der Waals surface area contributed by atoms with Crippen molar-refractivity contribution >= 4 is 16.6 Å². The third-order valence-electron chi connectivity index (χ3n) is 5.22. The molecular weight excluding hydrogens is 385 g/mol. The number of aromatic hydroxyl groups is 1. The Morgan fingerprint density at radius 1 is 1.17 bits per heavy atom. The Labute approximate surface area is 164 Å². The molecule has 0 amide bonds. The summed E-state index contributed by atoms with van der Waals surface area (Å²) in [7, 11) is 0. The van der Waals surface area contributed by atoms with Gasteiger partial charge in [0.15, 0.2) is 5.82 Å². The number of anilines is 1. The number of alkyl halides is 3. The number of pyridine rings is 1. The first-order valence-corrected chi connectivity index (χ1v) is 9.14. The fraction of sp³-hybridized carbons (Fsp3) is 0.350. The first-order chi connectivity index (χ1) is 13.6. The Kier molecular flexibility index (Phi) is 4.57. The van der Waals surface area contributed by atoms with E-state index in [0.29, 0.717) is 35.5 Å². The Bertz CT molecular complexity index is 1070. The highest BCUT2D eigenvalue weighted by Gasteiger charge is 2.34. The summed E-state index contributed by atoms with van der Waals surface area (Å²) in [6, 6.07) is 4.45. The maximum absolute atomic E-state index is 12.9. The minimum atomic E-state index is -4.55. The molecule has 0 radical (unpaired) electrons. The van der Waals surface area contributed by atoms with Gasteiger partial charge in [0.05, 0.1) is 11.2 Å². The molecule has 1 aliphatic rings. The molecule has 29 heavy (non-hydrogen) atoms. The van der Waals surface area contributed by atoms with Crippen molar-refractivity contribution in [3.63, 3.8) is 0 Å². The normalized spacial score (nSPS) is 22.2. The number of nitrogens with one attached hydrogen (secondary N) is 1. The summed E-state index contributed by atoms with van der Waals surface area (Å²) in [5.41, 5.74) is -1.26. The van der Waals surface area contributed by atoms with Gasteiger partial charge in [0.25, 0.3) is 0 Å². The minimum Gasteiger partial charge on any atom is -0.507 e. The predicted octanol–water partition coefficient (Wildman–Crippen LogP) is 4.13. The predicted molar refractivity (Wildman–Crippen MR) is 101 cm³/mol. The van der Waals surface area contributed by atoms with Gasteiger partial charge in [-0.05, 0) is 50.5 Å². The zero-order valence-electron chi connectivity index (χ0n) is 15.5. The highest BCUT2D eigenvalue weighted by Crippen LogP contribution is 2.39. The quantitative estimate of drug-likeness (QED) is 0.608. The van der Waals surface area contributed by atoms with E-state index in [1.807, 2.05) is 0 Å². The molecule has 152 valence electrons. The highest BCUT2D eigenvalue weighted by atomic mass is 19.4. The second-order valence-electron chi connectivity index (χ2n) is 7.63. The molecule has 2 heterocycles. The molecule has 2 aromatic heterocycles. The molecule has 3 aromatic rings. The number of aromatic nitrogens is 3. The average molecular weight is 404 g/mol. The molecule has 0 saturated heterocycles. The van der Waals surface area contributed by atoms with Crippen LogP contribution < -0.4 is 5.32 Å². The van der Waals surface area contributed by atoms with Crippen molar-refractivity contribution in [1.29, 1.82) is 0 Å². The number of hydrogen-bond donors (Lipinski definition) is 3. The number of fused-ring (bicyclic) bond motifs is 1. The van der Waals surface area contributed by atoms with Gasteiger partial charge in [-0.25, -0.2) is 0 Å². The Balaban J connectivity index is 1.74. The van der Waals surface area contributed by atoms with Crippen LogP contribution in [-0.2, 0) is 6.18 Å². The molecule has 1 aromatic carbocycles. The van der Waals surface area contributed by atoms with Crippen molar-refractivity contribution in [2.75, 3.05) is 5.32 Å². The van der Waals surface area contributed by atoms with Gasteiger partial charge in [-0.15, -0.1) is 10.2 Å². The smallest absolute Gasteiger partial charge is 0.416 e. The number of nitrogens with zero attached hydrogens (tertiary/aromatic N) is 3. The van der Waals surface area contributed by atoms with E-state index in [9.17, 15) is 23.4 Å². The first kappa shape index (κ1) is 19.4. The van der Waals surface area contributed by atoms with Crippen LogP contribution in [0.3, 0.4) is 0 Å². The number of rotatable bonds is 3. The fourth-order valence-electron chi connectivity index (χ4n) is 3.75. The Morgan fingerprint density at radius 3 is 2.62 bits per heavy atom. The van der Waals surface area contributed by atoms with E-state index in [4.69, 9.17) is 0 Å². The zero-order chi connectivity index (χ0) is 20.8. The molecule has 0 unspecified atom stereocenters. The number of phenols is 1. The molecule has 0 bridgehead atoms. The maximum Gasteiger partial charge on any atom is 0.416 e. The number of halogens is 3. The van der Waals surface area contributed by atoms with Crippen LogP contribution in [0.1, 0.15) is 31.7 Å². The number of aliphatic hydroxyl groups is 1. The van der Waals surface area contributed by atoms with E-state index in [1.54, 1.807) is 25.4 Å². The lowest BCUT2D eigenvalue weighted by molar-refractivity contribution is -0.137. The van der Waals surface area contributed by atoms with Crippen LogP contribution in [-0.4, -0.2) is 37.0 Å². The van der Waals surface area contributed by atoms with Crippen LogP contribution in [0.5, 0.6) is 5.75 Å². The molecule has 3 N–H and O–H groups in total. The van der Waals surface area contributed by atoms with Crippen molar-refractivity contribution in [3.05, 3.63) is 42.2 Å². The van der Waals surface area contributed by atoms with Crippen molar-refractivity contribution in [2.24, 2.45) is 0 Å². The number of benzene rings is 1. The molecule has 9 heteroatoms.